The predicted octanol–water partition coefficient (Wildman–Crippen LogP) is 0.639. The lowest BCUT2D eigenvalue weighted by Crippen LogP contribution is -2.47. The summed E-state index contributed by atoms with van der Waals surface area (Å²) < 4.78 is 29.0. The Labute approximate surface area is 130 Å². The van der Waals surface area contributed by atoms with E-state index in [2.05, 4.69) is 5.92 Å². The minimum atomic E-state index is -3.07. The van der Waals surface area contributed by atoms with Gasteiger partial charge in [0.25, 0.3) is 5.91 Å². The second-order valence-electron chi connectivity index (χ2n) is 5.65. The van der Waals surface area contributed by atoms with Crippen molar-refractivity contribution in [2.24, 2.45) is 0 Å². The molecule has 1 aromatic rings. The first-order valence-corrected chi connectivity index (χ1v) is 9.01. The van der Waals surface area contributed by atoms with E-state index in [0.29, 0.717) is 18.6 Å². The van der Waals surface area contributed by atoms with Crippen LogP contribution in [-0.4, -0.2) is 49.4 Å². The number of sulfone groups is 1. The summed E-state index contributed by atoms with van der Waals surface area (Å²) in [4.78, 5) is 14.2. The average Bonchev–Trinajstić information content (AvgIpc) is 3.07. The van der Waals surface area contributed by atoms with Crippen molar-refractivity contribution in [3.8, 4) is 18.1 Å². The molecule has 3 rings (SSSR count). The Morgan fingerprint density at radius 3 is 2.82 bits per heavy atom. The lowest BCUT2D eigenvalue weighted by Gasteiger charge is -2.28. The van der Waals surface area contributed by atoms with E-state index in [0.717, 1.165) is 5.56 Å². The molecule has 5 nitrogen and oxygen atoms in total. The molecule has 0 saturated carbocycles. The Bertz CT molecular complexity index is 710. The molecule has 0 bridgehead atoms. The van der Waals surface area contributed by atoms with Gasteiger partial charge in [0.15, 0.2) is 15.9 Å². The van der Waals surface area contributed by atoms with Crippen molar-refractivity contribution in [2.75, 3.05) is 18.1 Å². The number of para-hydroxylation sites is 1. The van der Waals surface area contributed by atoms with Crippen molar-refractivity contribution in [1.29, 1.82) is 0 Å². The van der Waals surface area contributed by atoms with Gasteiger partial charge in [0.1, 0.15) is 5.75 Å². The highest BCUT2D eigenvalue weighted by Gasteiger charge is 2.39. The molecule has 6 heteroatoms. The molecule has 2 heterocycles. The highest BCUT2D eigenvalue weighted by molar-refractivity contribution is 7.91. The molecule has 1 saturated heterocycles. The summed E-state index contributed by atoms with van der Waals surface area (Å²) in [5.74, 6) is 3.03. The first-order valence-electron chi connectivity index (χ1n) is 7.19. The van der Waals surface area contributed by atoms with Crippen LogP contribution in [-0.2, 0) is 21.1 Å². The van der Waals surface area contributed by atoms with E-state index in [1.165, 1.54) is 4.90 Å². The summed E-state index contributed by atoms with van der Waals surface area (Å²) in [5, 5.41) is 0. The van der Waals surface area contributed by atoms with Crippen molar-refractivity contribution >= 4 is 15.7 Å². The average molecular weight is 319 g/mol. The number of hydrogen-bond donors (Lipinski definition) is 0. The molecule has 0 unspecified atom stereocenters. The summed E-state index contributed by atoms with van der Waals surface area (Å²) in [6.07, 6.45) is 5.67. The van der Waals surface area contributed by atoms with Crippen molar-refractivity contribution in [1.82, 2.24) is 4.90 Å². The lowest BCUT2D eigenvalue weighted by molar-refractivity contribution is -0.139. The smallest absolute Gasteiger partial charge is 0.265 e. The lowest BCUT2D eigenvalue weighted by atomic mass is 10.1. The van der Waals surface area contributed by atoms with E-state index < -0.39 is 15.9 Å². The number of benzene rings is 1. The number of amides is 1. The number of fused-ring (bicyclic) bond motifs is 1. The number of nitrogens with zero attached hydrogens (tertiary/aromatic N) is 1. The third-order valence-corrected chi connectivity index (χ3v) is 5.87. The van der Waals surface area contributed by atoms with E-state index in [9.17, 15) is 13.2 Å². The molecule has 1 fully saturated rings. The summed E-state index contributed by atoms with van der Waals surface area (Å²) in [7, 11) is -3.07. The second-order valence-corrected chi connectivity index (χ2v) is 7.87. The molecule has 22 heavy (non-hydrogen) atoms. The van der Waals surface area contributed by atoms with Gasteiger partial charge in [-0.3, -0.25) is 4.79 Å². The molecular weight excluding hydrogens is 302 g/mol. The van der Waals surface area contributed by atoms with Gasteiger partial charge in [-0.05, 0) is 18.1 Å². The van der Waals surface area contributed by atoms with Gasteiger partial charge in [-0.1, -0.05) is 24.1 Å². The molecule has 0 aromatic heterocycles. The molecule has 1 aromatic carbocycles. The van der Waals surface area contributed by atoms with Gasteiger partial charge in [-0.15, -0.1) is 6.42 Å². The summed E-state index contributed by atoms with van der Waals surface area (Å²) >= 11 is 0. The van der Waals surface area contributed by atoms with Gasteiger partial charge >= 0.3 is 0 Å². The normalized spacial score (nSPS) is 25.0. The number of ether oxygens (including phenoxy) is 1. The summed E-state index contributed by atoms with van der Waals surface area (Å²) in [5.41, 5.74) is 0.987. The van der Waals surface area contributed by atoms with Crippen LogP contribution in [0.2, 0.25) is 0 Å². The van der Waals surface area contributed by atoms with Crippen LogP contribution in [0.1, 0.15) is 12.0 Å². The first-order chi connectivity index (χ1) is 10.5. The molecule has 0 spiro atoms. The Kier molecular flexibility index (Phi) is 3.83. The zero-order chi connectivity index (χ0) is 15.7. The fourth-order valence-electron chi connectivity index (χ4n) is 3.01. The molecule has 2 aliphatic rings. The van der Waals surface area contributed by atoms with Crippen molar-refractivity contribution in [3.63, 3.8) is 0 Å². The zero-order valence-electron chi connectivity index (χ0n) is 12.1. The molecule has 0 aliphatic carbocycles. The Hall–Kier alpha value is -2.00. The number of hydrogen-bond acceptors (Lipinski definition) is 4. The molecular formula is C16H17NO4S. The highest BCUT2D eigenvalue weighted by Crippen LogP contribution is 2.30. The van der Waals surface area contributed by atoms with Gasteiger partial charge in [-0.2, -0.15) is 0 Å². The number of carbonyl (C=O) groups is 1. The SMILES string of the molecule is C#CCN(C(=O)[C@@H]1Cc2ccccc2O1)[C@@H]1CCS(=O)(=O)C1. The Balaban J connectivity index is 1.76. The largest absolute Gasteiger partial charge is 0.480 e. The third-order valence-electron chi connectivity index (χ3n) is 4.12. The van der Waals surface area contributed by atoms with Crippen molar-refractivity contribution in [3.05, 3.63) is 29.8 Å². The molecule has 0 radical (unpaired) electrons. The van der Waals surface area contributed by atoms with E-state index >= 15 is 0 Å². The van der Waals surface area contributed by atoms with Crippen LogP contribution in [0.3, 0.4) is 0 Å². The molecule has 1 amide bonds. The Morgan fingerprint density at radius 2 is 2.18 bits per heavy atom. The van der Waals surface area contributed by atoms with E-state index in [1.54, 1.807) is 0 Å². The van der Waals surface area contributed by atoms with Crippen molar-refractivity contribution < 1.29 is 17.9 Å². The fraction of sp³-hybridized carbons (Fsp3) is 0.438. The van der Waals surface area contributed by atoms with Crippen LogP contribution in [0.4, 0.5) is 0 Å². The quantitative estimate of drug-likeness (QED) is 0.767. The van der Waals surface area contributed by atoms with Gasteiger partial charge in [0, 0.05) is 12.5 Å². The monoisotopic (exact) mass is 319 g/mol. The third kappa shape index (κ3) is 2.81. The zero-order valence-corrected chi connectivity index (χ0v) is 12.9. The van der Waals surface area contributed by atoms with Crippen LogP contribution >= 0.6 is 0 Å². The molecule has 0 N–H and O–H groups in total. The minimum Gasteiger partial charge on any atom is -0.480 e. The topological polar surface area (TPSA) is 63.7 Å². The summed E-state index contributed by atoms with van der Waals surface area (Å²) in [6, 6.07) is 7.16. The van der Waals surface area contributed by atoms with Crippen LogP contribution < -0.4 is 4.74 Å². The van der Waals surface area contributed by atoms with Gasteiger partial charge in [0.05, 0.1) is 18.1 Å². The second kappa shape index (κ2) is 5.65. The van der Waals surface area contributed by atoms with Gasteiger partial charge in [0.2, 0.25) is 0 Å². The predicted molar refractivity (Wildman–Crippen MR) is 82.2 cm³/mol. The maximum Gasteiger partial charge on any atom is 0.265 e. The van der Waals surface area contributed by atoms with Crippen LogP contribution in [0, 0.1) is 12.3 Å². The summed E-state index contributed by atoms with van der Waals surface area (Å²) in [6.45, 7) is 0.106. The van der Waals surface area contributed by atoms with Gasteiger partial charge in [-0.25, -0.2) is 8.42 Å². The van der Waals surface area contributed by atoms with E-state index in [-0.39, 0.29) is 30.0 Å². The molecule has 2 atom stereocenters. The van der Waals surface area contributed by atoms with Crippen molar-refractivity contribution in [2.45, 2.75) is 25.0 Å². The van der Waals surface area contributed by atoms with E-state index in [1.807, 2.05) is 24.3 Å². The van der Waals surface area contributed by atoms with E-state index in [4.69, 9.17) is 11.2 Å². The number of rotatable bonds is 3. The first kappa shape index (κ1) is 14.9. The molecule has 116 valence electrons. The maximum absolute atomic E-state index is 12.7. The maximum atomic E-state index is 12.7. The van der Waals surface area contributed by atoms with Crippen LogP contribution in [0.15, 0.2) is 24.3 Å². The minimum absolute atomic E-state index is 0.0138. The molecule has 2 aliphatic heterocycles. The number of carbonyl (C=O) groups excluding carboxylic acids is 1. The standard InChI is InChI=1S/C16H17NO4S/c1-2-8-17(13-7-9-22(19,20)11-13)16(18)15-10-12-5-3-4-6-14(12)21-15/h1,3-6,13,15H,7-11H2/t13-,15+/m1/s1. The highest BCUT2D eigenvalue weighted by atomic mass is 32.2. The van der Waals surface area contributed by atoms with Crippen LogP contribution in [0.25, 0.3) is 0 Å². The number of terminal acetylenes is 1. The van der Waals surface area contributed by atoms with Gasteiger partial charge < -0.3 is 9.64 Å². The fourth-order valence-corrected chi connectivity index (χ4v) is 4.74. The van der Waals surface area contributed by atoms with Crippen LogP contribution in [0.5, 0.6) is 5.75 Å². The Morgan fingerprint density at radius 1 is 1.41 bits per heavy atom.